The minimum absolute atomic E-state index is 0.0946. The van der Waals surface area contributed by atoms with Crippen molar-refractivity contribution in [3.05, 3.63) is 108 Å². The van der Waals surface area contributed by atoms with Crippen LogP contribution in [0.25, 0.3) is 6.08 Å². The third-order valence-corrected chi connectivity index (χ3v) is 3.66. The summed E-state index contributed by atoms with van der Waals surface area (Å²) in [5.41, 5.74) is 2.99. The summed E-state index contributed by atoms with van der Waals surface area (Å²) in [6, 6.07) is 30.0. The van der Waals surface area contributed by atoms with E-state index in [2.05, 4.69) is 23.2 Å². The Hall–Kier alpha value is -3.13. The fraction of sp³-hybridized carbons (Fsp3) is 0.0870. The minimum Gasteiger partial charge on any atom is -0.470 e. The normalized spacial score (nSPS) is 12.9. The Balaban J connectivity index is 1.80. The molecule has 0 amide bonds. The molecule has 124 valence electrons. The van der Waals surface area contributed by atoms with E-state index in [9.17, 15) is 0 Å². The molecule has 0 aliphatic heterocycles. The SMILES string of the molecule is C[C@@H](/C=C/c1ccccc1)OC(=Nc1ccccc1)c1ccccc1. The third-order valence-electron chi connectivity index (χ3n) is 3.66. The first-order valence-corrected chi connectivity index (χ1v) is 8.40. The number of hydrogen-bond donors (Lipinski definition) is 0. The van der Waals surface area contributed by atoms with Crippen LogP contribution >= 0.6 is 0 Å². The molecule has 2 heteroatoms. The lowest BCUT2D eigenvalue weighted by Gasteiger charge is -2.14. The van der Waals surface area contributed by atoms with E-state index < -0.39 is 0 Å². The average molecular weight is 327 g/mol. The zero-order valence-corrected chi connectivity index (χ0v) is 14.2. The first-order valence-electron chi connectivity index (χ1n) is 8.40. The Morgan fingerprint density at radius 1 is 0.800 bits per heavy atom. The molecule has 0 fully saturated rings. The molecule has 0 spiro atoms. The zero-order valence-electron chi connectivity index (χ0n) is 14.2. The maximum atomic E-state index is 6.13. The Morgan fingerprint density at radius 2 is 1.36 bits per heavy atom. The molecule has 0 saturated carbocycles. The van der Waals surface area contributed by atoms with Crippen LogP contribution in [0, 0.1) is 0 Å². The summed E-state index contributed by atoms with van der Waals surface area (Å²) in [5.74, 6) is 0.622. The Labute approximate surface area is 149 Å². The van der Waals surface area contributed by atoms with Gasteiger partial charge in [-0.1, -0.05) is 72.8 Å². The largest absolute Gasteiger partial charge is 0.470 e. The van der Waals surface area contributed by atoms with Crippen molar-refractivity contribution in [2.24, 2.45) is 4.99 Å². The molecule has 0 radical (unpaired) electrons. The van der Waals surface area contributed by atoms with Crippen LogP contribution in [-0.2, 0) is 4.74 Å². The van der Waals surface area contributed by atoms with E-state index in [4.69, 9.17) is 4.74 Å². The molecule has 0 aromatic heterocycles. The van der Waals surface area contributed by atoms with Crippen LogP contribution in [0.3, 0.4) is 0 Å². The summed E-state index contributed by atoms with van der Waals surface area (Å²) in [6.07, 6.45) is 4.01. The van der Waals surface area contributed by atoms with Crippen molar-refractivity contribution >= 4 is 17.7 Å². The summed E-state index contributed by atoms with van der Waals surface area (Å²) < 4.78 is 6.13. The highest BCUT2D eigenvalue weighted by atomic mass is 16.5. The number of aliphatic imine (C=N–C) groups is 1. The molecule has 0 unspecified atom stereocenters. The van der Waals surface area contributed by atoms with Gasteiger partial charge in [-0.2, -0.15) is 0 Å². The lowest BCUT2D eigenvalue weighted by molar-refractivity contribution is 0.258. The van der Waals surface area contributed by atoms with Gasteiger partial charge in [0.2, 0.25) is 5.90 Å². The Bertz CT molecular complexity index is 824. The second-order valence-electron chi connectivity index (χ2n) is 5.71. The highest BCUT2D eigenvalue weighted by Crippen LogP contribution is 2.15. The van der Waals surface area contributed by atoms with Gasteiger partial charge in [0.1, 0.15) is 6.10 Å². The molecule has 0 N–H and O–H groups in total. The van der Waals surface area contributed by atoms with Crippen LogP contribution in [0.1, 0.15) is 18.1 Å². The van der Waals surface area contributed by atoms with Crippen molar-refractivity contribution in [1.82, 2.24) is 0 Å². The molecule has 3 aromatic carbocycles. The third kappa shape index (κ3) is 5.18. The molecule has 0 aliphatic carbocycles. The van der Waals surface area contributed by atoms with Crippen molar-refractivity contribution in [1.29, 1.82) is 0 Å². The average Bonchev–Trinajstić information content (AvgIpc) is 2.68. The lowest BCUT2D eigenvalue weighted by atomic mass is 10.2. The van der Waals surface area contributed by atoms with Crippen LogP contribution in [0.4, 0.5) is 5.69 Å². The van der Waals surface area contributed by atoms with Gasteiger partial charge in [-0.25, -0.2) is 4.99 Å². The molecule has 0 aliphatic rings. The second kappa shape index (κ2) is 8.65. The molecule has 2 nitrogen and oxygen atoms in total. The standard InChI is InChI=1S/C23H21NO/c1-19(17-18-20-11-5-2-6-12-20)25-23(21-13-7-3-8-14-21)24-22-15-9-4-10-16-22/h2-19H,1H3/b18-17+,24-23?/t19-/m0/s1. The summed E-state index contributed by atoms with van der Waals surface area (Å²) >= 11 is 0. The van der Waals surface area contributed by atoms with Gasteiger partial charge in [0, 0.05) is 5.56 Å². The van der Waals surface area contributed by atoms with E-state index in [1.807, 2.05) is 91.9 Å². The van der Waals surface area contributed by atoms with Crippen LogP contribution in [-0.4, -0.2) is 12.0 Å². The quantitative estimate of drug-likeness (QED) is 0.423. The summed E-state index contributed by atoms with van der Waals surface area (Å²) in [4.78, 5) is 4.68. The topological polar surface area (TPSA) is 21.6 Å². The van der Waals surface area contributed by atoms with E-state index in [1.54, 1.807) is 0 Å². The highest BCUT2D eigenvalue weighted by molar-refractivity contribution is 5.96. The van der Waals surface area contributed by atoms with Crippen molar-refractivity contribution in [3.8, 4) is 0 Å². The van der Waals surface area contributed by atoms with Gasteiger partial charge in [0.15, 0.2) is 0 Å². The fourth-order valence-electron chi connectivity index (χ4n) is 2.39. The molecule has 3 rings (SSSR count). The molecule has 25 heavy (non-hydrogen) atoms. The van der Waals surface area contributed by atoms with E-state index in [-0.39, 0.29) is 6.10 Å². The van der Waals surface area contributed by atoms with Gasteiger partial charge in [-0.15, -0.1) is 0 Å². The predicted molar refractivity (Wildman–Crippen MR) is 105 cm³/mol. The molecule has 1 atom stereocenters. The van der Waals surface area contributed by atoms with Gasteiger partial charge in [-0.05, 0) is 42.8 Å². The van der Waals surface area contributed by atoms with Crippen molar-refractivity contribution in [2.45, 2.75) is 13.0 Å². The fourth-order valence-corrected chi connectivity index (χ4v) is 2.39. The van der Waals surface area contributed by atoms with Crippen LogP contribution in [0.2, 0.25) is 0 Å². The molecule has 0 bridgehead atoms. The van der Waals surface area contributed by atoms with Crippen molar-refractivity contribution in [2.75, 3.05) is 0 Å². The maximum Gasteiger partial charge on any atom is 0.221 e. The van der Waals surface area contributed by atoms with Gasteiger partial charge < -0.3 is 4.74 Å². The number of hydrogen-bond acceptors (Lipinski definition) is 2. The van der Waals surface area contributed by atoms with E-state index in [0.717, 1.165) is 16.8 Å². The van der Waals surface area contributed by atoms with E-state index >= 15 is 0 Å². The highest BCUT2D eigenvalue weighted by Gasteiger charge is 2.08. The number of nitrogens with zero attached hydrogens (tertiary/aromatic N) is 1. The first kappa shape index (κ1) is 16.7. The zero-order chi connectivity index (χ0) is 17.3. The molecular weight excluding hydrogens is 306 g/mol. The van der Waals surface area contributed by atoms with Crippen LogP contribution in [0.5, 0.6) is 0 Å². The number of benzene rings is 3. The van der Waals surface area contributed by atoms with E-state index in [1.165, 1.54) is 0 Å². The second-order valence-corrected chi connectivity index (χ2v) is 5.71. The van der Waals surface area contributed by atoms with Gasteiger partial charge >= 0.3 is 0 Å². The van der Waals surface area contributed by atoms with E-state index in [0.29, 0.717) is 5.90 Å². The summed E-state index contributed by atoms with van der Waals surface area (Å²) in [7, 11) is 0. The van der Waals surface area contributed by atoms with Gasteiger partial charge in [-0.3, -0.25) is 0 Å². The summed E-state index contributed by atoms with van der Waals surface area (Å²) in [6.45, 7) is 2.02. The molecular formula is C23H21NO. The van der Waals surface area contributed by atoms with Gasteiger partial charge in [0.05, 0.1) is 5.69 Å². The monoisotopic (exact) mass is 327 g/mol. The number of para-hydroxylation sites is 1. The van der Waals surface area contributed by atoms with Crippen LogP contribution < -0.4 is 0 Å². The molecule has 3 aromatic rings. The number of rotatable bonds is 5. The lowest BCUT2D eigenvalue weighted by Crippen LogP contribution is -2.13. The smallest absolute Gasteiger partial charge is 0.221 e. The maximum absolute atomic E-state index is 6.13. The minimum atomic E-state index is -0.0946. The van der Waals surface area contributed by atoms with Crippen molar-refractivity contribution < 1.29 is 4.74 Å². The Morgan fingerprint density at radius 3 is 2.00 bits per heavy atom. The first-order chi connectivity index (χ1) is 12.3. The molecule has 0 heterocycles. The van der Waals surface area contributed by atoms with Crippen molar-refractivity contribution in [3.63, 3.8) is 0 Å². The van der Waals surface area contributed by atoms with Crippen LogP contribution in [0.15, 0.2) is 102 Å². The number of ether oxygens (including phenoxy) is 1. The summed E-state index contributed by atoms with van der Waals surface area (Å²) in [5, 5.41) is 0. The predicted octanol–water partition coefficient (Wildman–Crippen LogP) is 5.88. The van der Waals surface area contributed by atoms with Gasteiger partial charge in [0.25, 0.3) is 0 Å². The molecule has 0 saturated heterocycles. The Kier molecular flexibility index (Phi) is 5.78.